The molecule has 1 fully saturated rings. The van der Waals surface area contributed by atoms with E-state index in [9.17, 15) is 14.4 Å². The molecule has 1 aliphatic carbocycles. The largest absolute Gasteiger partial charge is 0.465 e. The van der Waals surface area contributed by atoms with Crippen LogP contribution in [0.5, 0.6) is 0 Å². The smallest absolute Gasteiger partial charge is 0.337 e. The summed E-state index contributed by atoms with van der Waals surface area (Å²) in [4.78, 5) is 42.1. The van der Waals surface area contributed by atoms with Crippen LogP contribution in [0.3, 0.4) is 0 Å². The molecule has 0 saturated heterocycles. The molecule has 1 saturated carbocycles. The number of fused-ring (bicyclic) bond motifs is 1. The molecule has 1 N–H and O–H groups in total. The molecule has 9 nitrogen and oxygen atoms in total. The van der Waals surface area contributed by atoms with Gasteiger partial charge in [0.15, 0.2) is 0 Å². The van der Waals surface area contributed by atoms with Gasteiger partial charge in [0.05, 0.1) is 18.2 Å². The van der Waals surface area contributed by atoms with Crippen molar-refractivity contribution in [2.75, 3.05) is 12.0 Å². The van der Waals surface area contributed by atoms with E-state index in [0.29, 0.717) is 22.3 Å². The average molecular weight is 526 g/mol. The fourth-order valence-corrected chi connectivity index (χ4v) is 5.22. The van der Waals surface area contributed by atoms with Gasteiger partial charge in [-0.25, -0.2) is 9.48 Å². The minimum Gasteiger partial charge on any atom is -0.465 e. The Morgan fingerprint density at radius 1 is 1.03 bits per heavy atom. The van der Waals surface area contributed by atoms with Crippen LogP contribution in [0.15, 0.2) is 72.8 Å². The Labute approximate surface area is 226 Å². The molecule has 3 aromatic carbocycles. The molecule has 0 unspecified atom stereocenters. The summed E-state index contributed by atoms with van der Waals surface area (Å²) in [6.45, 7) is 1.77. The van der Waals surface area contributed by atoms with E-state index >= 15 is 0 Å². The minimum atomic E-state index is -0.970. The van der Waals surface area contributed by atoms with Crippen molar-refractivity contribution in [3.05, 3.63) is 89.5 Å². The maximum Gasteiger partial charge on any atom is 0.337 e. The molecule has 4 aromatic rings. The van der Waals surface area contributed by atoms with E-state index in [1.54, 1.807) is 24.3 Å². The first kappa shape index (κ1) is 26.1. The van der Waals surface area contributed by atoms with Crippen molar-refractivity contribution >= 4 is 34.5 Å². The maximum absolute atomic E-state index is 14.2. The molecule has 1 atom stereocenters. The Morgan fingerprint density at radius 2 is 1.77 bits per heavy atom. The van der Waals surface area contributed by atoms with Crippen LogP contribution in [0.2, 0.25) is 0 Å². The quantitative estimate of drug-likeness (QED) is 0.343. The summed E-state index contributed by atoms with van der Waals surface area (Å²) in [7, 11) is 1.30. The van der Waals surface area contributed by atoms with Crippen LogP contribution in [0.4, 0.5) is 5.69 Å². The predicted molar refractivity (Wildman–Crippen MR) is 147 cm³/mol. The molecule has 0 bridgehead atoms. The number of amides is 2. The van der Waals surface area contributed by atoms with Gasteiger partial charge in [0.2, 0.25) is 11.8 Å². The second-order valence-electron chi connectivity index (χ2n) is 9.79. The average Bonchev–Trinajstić information content (AvgIpc) is 3.62. The van der Waals surface area contributed by atoms with Gasteiger partial charge in [-0.2, -0.15) is 0 Å². The van der Waals surface area contributed by atoms with Gasteiger partial charge < -0.3 is 10.1 Å². The second-order valence-corrected chi connectivity index (χ2v) is 9.79. The molecule has 200 valence electrons. The Hall–Kier alpha value is -4.53. The number of methoxy groups -OCH3 is 1. The highest BCUT2D eigenvalue weighted by molar-refractivity contribution is 6.02. The van der Waals surface area contributed by atoms with Crippen molar-refractivity contribution in [2.24, 2.45) is 0 Å². The zero-order valence-electron chi connectivity index (χ0n) is 22.0. The summed E-state index contributed by atoms with van der Waals surface area (Å²) in [5.74, 6) is -1.17. The van der Waals surface area contributed by atoms with Gasteiger partial charge in [0.1, 0.15) is 18.1 Å². The monoisotopic (exact) mass is 525 g/mol. The predicted octanol–water partition coefficient (Wildman–Crippen LogP) is 4.36. The number of nitrogens with zero attached hydrogens (tertiary/aromatic N) is 4. The van der Waals surface area contributed by atoms with Gasteiger partial charge in [-0.3, -0.25) is 14.5 Å². The molecule has 1 aromatic heterocycles. The third-order valence-corrected chi connectivity index (χ3v) is 7.21. The van der Waals surface area contributed by atoms with Gasteiger partial charge in [-0.15, -0.1) is 5.10 Å². The Morgan fingerprint density at radius 3 is 2.54 bits per heavy atom. The molecule has 1 heterocycles. The summed E-state index contributed by atoms with van der Waals surface area (Å²) in [5, 5.41) is 11.6. The standard InChI is InChI=1S/C30H31N5O4/c1-20-10-3-6-15-24(20)28(29(37)31-22-12-4-5-13-22)35(23-14-9-11-21(18-23)30(38)39-2)27(36)19-34-26-17-8-7-16-25(26)32-33-34/h3,6-11,14-18,22,28H,4-5,12-13,19H2,1-2H3,(H,31,37)/t28-/m0/s1. The van der Waals surface area contributed by atoms with Crippen molar-refractivity contribution in [1.82, 2.24) is 20.3 Å². The third-order valence-electron chi connectivity index (χ3n) is 7.21. The van der Waals surface area contributed by atoms with E-state index < -0.39 is 12.0 Å². The molecule has 0 radical (unpaired) electrons. The lowest BCUT2D eigenvalue weighted by Gasteiger charge is -2.33. The number of para-hydroxylation sites is 1. The molecule has 39 heavy (non-hydrogen) atoms. The van der Waals surface area contributed by atoms with E-state index in [2.05, 4.69) is 15.6 Å². The summed E-state index contributed by atoms with van der Waals surface area (Å²) in [6, 6.07) is 20.6. The summed E-state index contributed by atoms with van der Waals surface area (Å²) in [5.41, 5.74) is 3.63. The number of anilines is 1. The fraction of sp³-hybridized carbons (Fsp3) is 0.300. The number of aryl methyl sites for hydroxylation is 1. The van der Waals surface area contributed by atoms with E-state index in [4.69, 9.17) is 4.74 Å². The van der Waals surface area contributed by atoms with Crippen LogP contribution in [0, 0.1) is 6.92 Å². The lowest BCUT2D eigenvalue weighted by molar-refractivity contribution is -0.127. The first-order chi connectivity index (χ1) is 19.0. The van der Waals surface area contributed by atoms with E-state index in [-0.39, 0.29) is 30.0 Å². The molecule has 9 heteroatoms. The van der Waals surface area contributed by atoms with Crippen molar-refractivity contribution < 1.29 is 19.1 Å². The van der Waals surface area contributed by atoms with Crippen molar-refractivity contribution in [2.45, 2.75) is 51.2 Å². The Bertz CT molecular complexity index is 1510. The number of aromatic nitrogens is 3. The Kier molecular flexibility index (Phi) is 7.67. The zero-order chi connectivity index (χ0) is 27.4. The number of carbonyl (C=O) groups excluding carboxylic acids is 3. The fourth-order valence-electron chi connectivity index (χ4n) is 5.22. The third kappa shape index (κ3) is 5.52. The number of nitrogens with one attached hydrogen (secondary N) is 1. The number of rotatable bonds is 8. The van der Waals surface area contributed by atoms with Gasteiger partial charge >= 0.3 is 5.97 Å². The highest BCUT2D eigenvalue weighted by atomic mass is 16.5. The van der Waals surface area contributed by atoms with E-state index in [0.717, 1.165) is 31.2 Å². The topological polar surface area (TPSA) is 106 Å². The minimum absolute atomic E-state index is 0.0571. The van der Waals surface area contributed by atoms with Crippen molar-refractivity contribution in [3.63, 3.8) is 0 Å². The van der Waals surface area contributed by atoms with Crippen molar-refractivity contribution in [3.8, 4) is 0 Å². The first-order valence-corrected chi connectivity index (χ1v) is 13.1. The molecule has 1 aliphatic rings. The second kappa shape index (κ2) is 11.5. The number of hydrogen-bond donors (Lipinski definition) is 1. The molecular formula is C30H31N5O4. The normalized spacial score (nSPS) is 14.2. The first-order valence-electron chi connectivity index (χ1n) is 13.1. The van der Waals surface area contributed by atoms with Crippen LogP contribution in [0.25, 0.3) is 11.0 Å². The van der Waals surface area contributed by atoms with E-state index in [1.165, 1.54) is 16.7 Å². The zero-order valence-corrected chi connectivity index (χ0v) is 22.0. The van der Waals surface area contributed by atoms with Gasteiger partial charge in [0.25, 0.3) is 0 Å². The summed E-state index contributed by atoms with van der Waals surface area (Å²) in [6.07, 6.45) is 3.93. The number of hydrogen-bond acceptors (Lipinski definition) is 6. The van der Waals surface area contributed by atoms with Crippen LogP contribution in [-0.2, 0) is 20.9 Å². The van der Waals surface area contributed by atoms with Crippen LogP contribution in [-0.4, -0.2) is 45.9 Å². The lowest BCUT2D eigenvalue weighted by atomic mass is 9.97. The highest BCUT2D eigenvalue weighted by Crippen LogP contribution is 2.32. The van der Waals surface area contributed by atoms with Crippen LogP contribution < -0.4 is 10.2 Å². The van der Waals surface area contributed by atoms with Crippen molar-refractivity contribution in [1.29, 1.82) is 0 Å². The lowest BCUT2D eigenvalue weighted by Crippen LogP contribution is -2.47. The SMILES string of the molecule is COC(=O)c1cccc(N(C(=O)Cn2nnc3ccccc32)[C@H](C(=O)NC2CCCC2)c2ccccc2C)c1. The van der Waals surface area contributed by atoms with E-state index in [1.807, 2.05) is 55.5 Å². The molecule has 2 amide bonds. The van der Waals surface area contributed by atoms with Crippen LogP contribution in [0.1, 0.15) is 53.2 Å². The molecular weight excluding hydrogens is 494 g/mol. The molecule has 5 rings (SSSR count). The number of benzene rings is 3. The maximum atomic E-state index is 14.2. The summed E-state index contributed by atoms with van der Waals surface area (Å²) >= 11 is 0. The van der Waals surface area contributed by atoms with Gasteiger partial charge in [0, 0.05) is 11.7 Å². The van der Waals surface area contributed by atoms with Gasteiger partial charge in [-0.05, 0) is 61.2 Å². The number of ether oxygens (including phenoxy) is 1. The number of esters is 1. The highest BCUT2D eigenvalue weighted by Gasteiger charge is 2.35. The summed E-state index contributed by atoms with van der Waals surface area (Å²) < 4.78 is 6.45. The molecule has 0 spiro atoms. The number of carbonyl (C=O) groups is 3. The van der Waals surface area contributed by atoms with Gasteiger partial charge in [-0.1, -0.05) is 60.5 Å². The molecule has 0 aliphatic heterocycles. The van der Waals surface area contributed by atoms with Crippen LogP contribution >= 0.6 is 0 Å². The Balaban J connectivity index is 1.62.